The minimum Gasteiger partial charge on any atom is -0.347 e. The largest absolute Gasteiger partial charge is 0.347 e. The molecule has 2 aromatic carbocycles. The highest BCUT2D eigenvalue weighted by molar-refractivity contribution is 5.93. The van der Waals surface area contributed by atoms with Gasteiger partial charge in [0.15, 0.2) is 0 Å². The molecular formula is C21H17N3O. The lowest BCUT2D eigenvalue weighted by atomic mass is 10.1. The van der Waals surface area contributed by atoms with Crippen molar-refractivity contribution < 1.29 is 4.79 Å². The zero-order valence-electron chi connectivity index (χ0n) is 13.6. The van der Waals surface area contributed by atoms with Crippen LogP contribution in [0.3, 0.4) is 0 Å². The van der Waals surface area contributed by atoms with Crippen molar-refractivity contribution >= 4 is 11.4 Å². The number of carbonyl (C=O) groups is 1. The second-order valence-corrected chi connectivity index (χ2v) is 5.81. The zero-order chi connectivity index (χ0) is 17.1. The van der Waals surface area contributed by atoms with Crippen molar-refractivity contribution in [2.45, 2.75) is 6.54 Å². The third-order valence-electron chi connectivity index (χ3n) is 4.09. The lowest BCUT2D eigenvalue weighted by Crippen LogP contribution is -2.24. The van der Waals surface area contributed by atoms with Crippen molar-refractivity contribution in [3.8, 4) is 11.3 Å². The van der Waals surface area contributed by atoms with Crippen LogP contribution in [0.25, 0.3) is 16.8 Å². The number of hydrogen-bond donors (Lipinski definition) is 1. The van der Waals surface area contributed by atoms with Gasteiger partial charge in [0.2, 0.25) is 0 Å². The van der Waals surface area contributed by atoms with Gasteiger partial charge in [0.25, 0.3) is 5.91 Å². The molecule has 1 amide bonds. The van der Waals surface area contributed by atoms with Crippen LogP contribution in [0.15, 0.2) is 85.2 Å². The topological polar surface area (TPSA) is 46.4 Å². The fourth-order valence-corrected chi connectivity index (χ4v) is 2.83. The van der Waals surface area contributed by atoms with Crippen LogP contribution in [0, 0.1) is 0 Å². The summed E-state index contributed by atoms with van der Waals surface area (Å²) in [5.41, 5.74) is 4.23. The molecule has 0 aliphatic heterocycles. The zero-order valence-corrected chi connectivity index (χ0v) is 13.6. The average Bonchev–Trinajstić information content (AvgIpc) is 3.15. The van der Waals surface area contributed by atoms with Crippen molar-refractivity contribution in [3.05, 3.63) is 96.4 Å². The SMILES string of the molecule is O=C(NCc1ccccc1)c1cn2cccc2c(-c2ccccc2)n1. The van der Waals surface area contributed by atoms with Crippen molar-refractivity contribution in [2.75, 3.05) is 0 Å². The van der Waals surface area contributed by atoms with Gasteiger partial charge in [-0.05, 0) is 17.7 Å². The van der Waals surface area contributed by atoms with Crippen LogP contribution in [0.2, 0.25) is 0 Å². The Labute approximate surface area is 145 Å². The Morgan fingerprint density at radius 3 is 2.40 bits per heavy atom. The van der Waals surface area contributed by atoms with Crippen molar-refractivity contribution in [1.29, 1.82) is 0 Å². The van der Waals surface area contributed by atoms with Crippen LogP contribution in [0.4, 0.5) is 0 Å². The molecule has 0 bridgehead atoms. The lowest BCUT2D eigenvalue weighted by molar-refractivity contribution is 0.0945. The summed E-state index contributed by atoms with van der Waals surface area (Å²) >= 11 is 0. The van der Waals surface area contributed by atoms with Gasteiger partial charge in [-0.1, -0.05) is 60.7 Å². The molecule has 122 valence electrons. The van der Waals surface area contributed by atoms with E-state index in [1.54, 1.807) is 6.20 Å². The Kier molecular flexibility index (Phi) is 4.01. The number of nitrogens with one attached hydrogen (secondary N) is 1. The molecule has 0 saturated heterocycles. The number of amides is 1. The summed E-state index contributed by atoms with van der Waals surface area (Å²) in [6.07, 6.45) is 3.69. The molecule has 2 heterocycles. The summed E-state index contributed by atoms with van der Waals surface area (Å²) in [7, 11) is 0. The minimum atomic E-state index is -0.184. The van der Waals surface area contributed by atoms with Gasteiger partial charge in [-0.2, -0.15) is 0 Å². The normalized spacial score (nSPS) is 10.7. The molecule has 0 saturated carbocycles. The molecule has 1 N–H and O–H groups in total. The molecule has 0 fully saturated rings. The molecule has 0 aliphatic carbocycles. The van der Waals surface area contributed by atoms with E-state index < -0.39 is 0 Å². The first-order chi connectivity index (χ1) is 12.3. The summed E-state index contributed by atoms with van der Waals surface area (Å²) in [4.78, 5) is 17.2. The third-order valence-corrected chi connectivity index (χ3v) is 4.09. The number of benzene rings is 2. The second-order valence-electron chi connectivity index (χ2n) is 5.81. The van der Waals surface area contributed by atoms with Gasteiger partial charge in [-0.15, -0.1) is 0 Å². The van der Waals surface area contributed by atoms with Crippen LogP contribution < -0.4 is 5.32 Å². The number of aromatic nitrogens is 2. The van der Waals surface area contributed by atoms with Crippen molar-refractivity contribution in [3.63, 3.8) is 0 Å². The van der Waals surface area contributed by atoms with E-state index in [-0.39, 0.29) is 5.91 Å². The van der Waals surface area contributed by atoms with Crippen molar-refractivity contribution in [2.24, 2.45) is 0 Å². The van der Waals surface area contributed by atoms with E-state index in [1.165, 1.54) is 0 Å². The van der Waals surface area contributed by atoms with Crippen LogP contribution in [-0.4, -0.2) is 15.3 Å². The number of rotatable bonds is 4. The first-order valence-corrected chi connectivity index (χ1v) is 8.16. The highest BCUT2D eigenvalue weighted by atomic mass is 16.1. The van der Waals surface area contributed by atoms with E-state index in [2.05, 4.69) is 10.3 Å². The Hall–Kier alpha value is -3.40. The molecule has 0 aliphatic rings. The maximum absolute atomic E-state index is 12.6. The summed E-state index contributed by atoms with van der Waals surface area (Å²) in [5.74, 6) is -0.184. The summed E-state index contributed by atoms with van der Waals surface area (Å²) in [6, 6.07) is 23.7. The molecule has 2 aromatic heterocycles. The Bertz CT molecular complexity index is 1010. The minimum absolute atomic E-state index is 0.184. The first-order valence-electron chi connectivity index (χ1n) is 8.16. The van der Waals surface area contributed by atoms with E-state index in [0.29, 0.717) is 12.2 Å². The smallest absolute Gasteiger partial charge is 0.271 e. The highest BCUT2D eigenvalue weighted by Gasteiger charge is 2.13. The third kappa shape index (κ3) is 3.15. The summed E-state index contributed by atoms with van der Waals surface area (Å²) in [5, 5.41) is 2.94. The molecule has 4 rings (SSSR count). The quantitative estimate of drug-likeness (QED) is 0.617. The Morgan fingerprint density at radius 2 is 1.64 bits per heavy atom. The first kappa shape index (κ1) is 15.1. The van der Waals surface area contributed by atoms with Crippen LogP contribution in [-0.2, 0) is 6.54 Å². The maximum atomic E-state index is 12.6. The summed E-state index contributed by atoms with van der Waals surface area (Å²) < 4.78 is 1.94. The molecule has 4 heteroatoms. The molecule has 0 unspecified atom stereocenters. The Balaban J connectivity index is 1.67. The second kappa shape index (κ2) is 6.61. The monoisotopic (exact) mass is 327 g/mol. The van der Waals surface area contributed by atoms with Gasteiger partial charge in [0.1, 0.15) is 5.69 Å². The fraction of sp³-hybridized carbons (Fsp3) is 0.0476. The van der Waals surface area contributed by atoms with Crippen LogP contribution in [0.5, 0.6) is 0 Å². The molecule has 4 nitrogen and oxygen atoms in total. The van der Waals surface area contributed by atoms with Crippen LogP contribution >= 0.6 is 0 Å². The number of nitrogens with zero attached hydrogens (tertiary/aromatic N) is 2. The molecule has 0 atom stereocenters. The molecule has 25 heavy (non-hydrogen) atoms. The van der Waals surface area contributed by atoms with Gasteiger partial charge in [-0.25, -0.2) is 4.98 Å². The van der Waals surface area contributed by atoms with Gasteiger partial charge in [-0.3, -0.25) is 4.79 Å². The number of hydrogen-bond acceptors (Lipinski definition) is 2. The highest BCUT2D eigenvalue weighted by Crippen LogP contribution is 2.23. The average molecular weight is 327 g/mol. The van der Waals surface area contributed by atoms with E-state index in [0.717, 1.165) is 22.3 Å². The number of carbonyl (C=O) groups excluding carboxylic acids is 1. The van der Waals surface area contributed by atoms with E-state index in [4.69, 9.17) is 0 Å². The Morgan fingerprint density at radius 1 is 0.920 bits per heavy atom. The predicted octanol–water partition coefficient (Wildman–Crippen LogP) is 3.93. The molecule has 4 aromatic rings. The maximum Gasteiger partial charge on any atom is 0.271 e. The lowest BCUT2D eigenvalue weighted by Gasteiger charge is -2.09. The standard InChI is InChI=1S/C21H17N3O/c25-21(22-14-16-8-3-1-4-9-16)18-15-24-13-7-12-19(24)20(23-18)17-10-5-2-6-11-17/h1-13,15H,14H2,(H,22,25). The van der Waals surface area contributed by atoms with Gasteiger partial charge >= 0.3 is 0 Å². The predicted molar refractivity (Wildman–Crippen MR) is 98.2 cm³/mol. The number of fused-ring (bicyclic) bond motifs is 1. The van der Waals surface area contributed by atoms with Crippen LogP contribution in [0.1, 0.15) is 16.1 Å². The molecular weight excluding hydrogens is 310 g/mol. The molecule has 0 spiro atoms. The van der Waals surface area contributed by atoms with E-state index >= 15 is 0 Å². The molecule has 0 radical (unpaired) electrons. The fourth-order valence-electron chi connectivity index (χ4n) is 2.83. The van der Waals surface area contributed by atoms with E-state index in [1.807, 2.05) is 83.4 Å². The van der Waals surface area contributed by atoms with Gasteiger partial charge in [0.05, 0.1) is 11.2 Å². The van der Waals surface area contributed by atoms with Gasteiger partial charge < -0.3 is 9.72 Å². The van der Waals surface area contributed by atoms with Gasteiger partial charge in [0, 0.05) is 24.5 Å². The van der Waals surface area contributed by atoms with Crippen molar-refractivity contribution in [1.82, 2.24) is 14.7 Å². The summed E-state index contributed by atoms with van der Waals surface area (Å²) in [6.45, 7) is 0.478. The van der Waals surface area contributed by atoms with E-state index in [9.17, 15) is 4.79 Å².